The van der Waals surface area contributed by atoms with Gasteiger partial charge < -0.3 is 41.2 Å². The number of carboxylic acid groups (broad SMARTS) is 1. The van der Waals surface area contributed by atoms with Crippen molar-refractivity contribution in [1.29, 1.82) is 0 Å². The van der Waals surface area contributed by atoms with E-state index in [1.54, 1.807) is 31.2 Å². The van der Waals surface area contributed by atoms with Crippen LogP contribution < -0.4 is 31.0 Å². The van der Waals surface area contributed by atoms with Gasteiger partial charge in [-0.3, -0.25) is 9.78 Å². The van der Waals surface area contributed by atoms with E-state index in [1.807, 2.05) is 0 Å². The molecule has 0 saturated carbocycles. The molecule has 180 valence electrons. The minimum atomic E-state index is -1.19. The Labute approximate surface area is 195 Å². The standard InChI is InChI=1S/C23H26N4O7/c1-12-19(23(30)31)21(25)20-14(26-12)4-3-5-16(20)34-11-18(24)27-22(29)13-6-7-15(33-9-8-28)17(10-13)32-2/h3-7,10,18,28H,8-9,11,24H2,1-2H3,(H2,25,26)(H,27,29)(H,30,31)/t18-/m1/s1. The van der Waals surface area contributed by atoms with Crippen LogP contribution in [0.15, 0.2) is 36.4 Å². The maximum atomic E-state index is 12.6. The SMILES string of the molecule is COc1cc(C(=O)N[C@@H](N)COc2cccc3nc(C)c(C(=O)O)c(N)c23)ccc1OCCO. The molecule has 1 heterocycles. The minimum Gasteiger partial charge on any atom is -0.493 e. The van der Waals surface area contributed by atoms with E-state index < -0.39 is 18.0 Å². The number of aryl methyl sites for hydroxylation is 1. The van der Waals surface area contributed by atoms with E-state index in [9.17, 15) is 14.7 Å². The summed E-state index contributed by atoms with van der Waals surface area (Å²) >= 11 is 0. The van der Waals surface area contributed by atoms with Crippen molar-refractivity contribution in [3.63, 3.8) is 0 Å². The lowest BCUT2D eigenvalue weighted by Crippen LogP contribution is -2.45. The number of rotatable bonds is 10. The number of methoxy groups -OCH3 is 1. The van der Waals surface area contributed by atoms with E-state index >= 15 is 0 Å². The van der Waals surface area contributed by atoms with Crippen molar-refractivity contribution >= 4 is 28.5 Å². The van der Waals surface area contributed by atoms with Crippen molar-refractivity contribution in [3.05, 3.63) is 53.2 Å². The Morgan fingerprint density at radius 2 is 1.91 bits per heavy atom. The van der Waals surface area contributed by atoms with Gasteiger partial charge in [0.1, 0.15) is 30.7 Å². The summed E-state index contributed by atoms with van der Waals surface area (Å²) in [6.07, 6.45) is -0.891. The van der Waals surface area contributed by atoms with Crippen LogP contribution in [0.25, 0.3) is 10.9 Å². The molecule has 0 saturated heterocycles. The van der Waals surface area contributed by atoms with Gasteiger partial charge >= 0.3 is 5.97 Å². The molecule has 1 amide bonds. The lowest BCUT2D eigenvalue weighted by molar-refractivity contribution is 0.0696. The number of nitrogen functional groups attached to an aromatic ring is 1. The molecule has 0 aliphatic heterocycles. The summed E-state index contributed by atoms with van der Waals surface area (Å²) in [6, 6.07) is 9.58. The number of nitrogens with two attached hydrogens (primary N) is 2. The number of anilines is 1. The maximum absolute atomic E-state index is 12.6. The number of carboxylic acids is 1. The topological polar surface area (TPSA) is 179 Å². The third-order valence-corrected chi connectivity index (χ3v) is 4.92. The summed E-state index contributed by atoms with van der Waals surface area (Å²) in [5.41, 5.74) is 13.1. The first-order valence-electron chi connectivity index (χ1n) is 10.3. The number of nitrogens with zero attached hydrogens (tertiary/aromatic N) is 1. The summed E-state index contributed by atoms with van der Waals surface area (Å²) in [4.78, 5) is 28.5. The zero-order chi connectivity index (χ0) is 24.8. The number of hydrogen-bond donors (Lipinski definition) is 5. The number of amides is 1. The average molecular weight is 470 g/mol. The number of carbonyl (C=O) groups excluding carboxylic acids is 1. The molecule has 0 aliphatic rings. The van der Waals surface area contributed by atoms with Crippen LogP contribution in [0.1, 0.15) is 26.4 Å². The average Bonchev–Trinajstić information content (AvgIpc) is 2.80. The second kappa shape index (κ2) is 10.7. The number of ether oxygens (including phenoxy) is 3. The van der Waals surface area contributed by atoms with Crippen LogP contribution in [0.4, 0.5) is 5.69 Å². The van der Waals surface area contributed by atoms with Crippen LogP contribution >= 0.6 is 0 Å². The molecule has 1 atom stereocenters. The fourth-order valence-corrected chi connectivity index (χ4v) is 3.39. The Bertz CT molecular complexity index is 1220. The molecule has 7 N–H and O–H groups in total. The summed E-state index contributed by atoms with van der Waals surface area (Å²) in [5, 5.41) is 21.3. The number of hydrogen-bond acceptors (Lipinski definition) is 9. The highest BCUT2D eigenvalue weighted by Gasteiger charge is 2.20. The second-order valence-electron chi connectivity index (χ2n) is 7.27. The molecule has 0 bridgehead atoms. The third kappa shape index (κ3) is 5.27. The zero-order valence-electron chi connectivity index (χ0n) is 18.7. The first-order valence-corrected chi connectivity index (χ1v) is 10.3. The molecule has 0 radical (unpaired) electrons. The van der Waals surface area contributed by atoms with E-state index in [0.29, 0.717) is 33.8 Å². The van der Waals surface area contributed by atoms with Crippen molar-refractivity contribution in [1.82, 2.24) is 10.3 Å². The highest BCUT2D eigenvalue weighted by Crippen LogP contribution is 2.33. The fraction of sp³-hybridized carbons (Fsp3) is 0.261. The Morgan fingerprint density at radius 3 is 2.59 bits per heavy atom. The summed E-state index contributed by atoms with van der Waals surface area (Å²) in [6.45, 7) is 1.38. The number of pyridine rings is 1. The number of aliphatic hydroxyl groups excluding tert-OH is 1. The monoisotopic (exact) mass is 470 g/mol. The van der Waals surface area contributed by atoms with E-state index in [4.69, 9.17) is 30.8 Å². The van der Waals surface area contributed by atoms with Gasteiger partial charge in [0.15, 0.2) is 11.5 Å². The molecule has 1 aromatic heterocycles. The Morgan fingerprint density at radius 1 is 1.15 bits per heavy atom. The van der Waals surface area contributed by atoms with Gasteiger partial charge in [0.25, 0.3) is 5.91 Å². The highest BCUT2D eigenvalue weighted by molar-refractivity contribution is 6.06. The number of aromatic nitrogens is 1. The van der Waals surface area contributed by atoms with Crippen LogP contribution in [0.2, 0.25) is 0 Å². The van der Waals surface area contributed by atoms with E-state index in [1.165, 1.54) is 19.2 Å². The molecule has 0 unspecified atom stereocenters. The molecule has 34 heavy (non-hydrogen) atoms. The number of nitrogens with one attached hydrogen (secondary N) is 1. The third-order valence-electron chi connectivity index (χ3n) is 4.92. The molecular formula is C23H26N4O7. The number of aromatic carboxylic acids is 1. The van der Waals surface area contributed by atoms with Crippen LogP contribution in [-0.2, 0) is 0 Å². The van der Waals surface area contributed by atoms with Gasteiger partial charge in [-0.25, -0.2) is 4.79 Å². The smallest absolute Gasteiger partial charge is 0.339 e. The first-order chi connectivity index (χ1) is 16.3. The Hall–Kier alpha value is -4.09. The van der Waals surface area contributed by atoms with Gasteiger partial charge in [0.05, 0.1) is 36.0 Å². The molecule has 2 aromatic carbocycles. The maximum Gasteiger partial charge on any atom is 0.339 e. The van der Waals surface area contributed by atoms with Crippen molar-refractivity contribution in [2.75, 3.05) is 32.7 Å². The molecule has 0 fully saturated rings. The van der Waals surface area contributed by atoms with Crippen LogP contribution in [-0.4, -0.2) is 60.2 Å². The van der Waals surface area contributed by atoms with Gasteiger partial charge in [0.2, 0.25) is 0 Å². The molecule has 11 heteroatoms. The molecule has 0 spiro atoms. The van der Waals surface area contributed by atoms with Crippen LogP contribution in [0.5, 0.6) is 17.2 Å². The van der Waals surface area contributed by atoms with Gasteiger partial charge in [-0.05, 0) is 37.3 Å². The minimum absolute atomic E-state index is 0.0406. The second-order valence-corrected chi connectivity index (χ2v) is 7.27. The van der Waals surface area contributed by atoms with E-state index in [0.717, 1.165) is 0 Å². The van der Waals surface area contributed by atoms with Crippen molar-refractivity contribution < 1.29 is 34.0 Å². The van der Waals surface area contributed by atoms with Gasteiger partial charge in [-0.15, -0.1) is 0 Å². The number of carbonyl (C=O) groups is 2. The number of aliphatic hydroxyl groups is 1. The largest absolute Gasteiger partial charge is 0.493 e. The van der Waals surface area contributed by atoms with E-state index in [2.05, 4.69) is 10.3 Å². The molecular weight excluding hydrogens is 444 g/mol. The van der Waals surface area contributed by atoms with E-state index in [-0.39, 0.29) is 36.6 Å². The number of benzene rings is 2. The summed E-state index contributed by atoms with van der Waals surface area (Å²) in [7, 11) is 1.43. The normalized spacial score (nSPS) is 11.6. The van der Waals surface area contributed by atoms with Crippen molar-refractivity contribution in [3.8, 4) is 17.2 Å². The lowest BCUT2D eigenvalue weighted by atomic mass is 10.1. The Balaban J connectivity index is 1.73. The fourth-order valence-electron chi connectivity index (χ4n) is 3.39. The lowest BCUT2D eigenvalue weighted by Gasteiger charge is -2.18. The van der Waals surface area contributed by atoms with Gasteiger partial charge in [-0.2, -0.15) is 0 Å². The van der Waals surface area contributed by atoms with Crippen molar-refractivity contribution in [2.24, 2.45) is 5.73 Å². The highest BCUT2D eigenvalue weighted by atomic mass is 16.5. The zero-order valence-corrected chi connectivity index (χ0v) is 18.7. The summed E-state index contributed by atoms with van der Waals surface area (Å²) in [5.74, 6) is -0.646. The van der Waals surface area contributed by atoms with Gasteiger partial charge in [0, 0.05) is 5.56 Å². The molecule has 0 aliphatic carbocycles. The molecule has 11 nitrogen and oxygen atoms in total. The predicted octanol–water partition coefficient (Wildman–Crippen LogP) is 1.30. The number of fused-ring (bicyclic) bond motifs is 1. The molecule has 3 aromatic rings. The van der Waals surface area contributed by atoms with Gasteiger partial charge in [-0.1, -0.05) is 6.07 Å². The van der Waals surface area contributed by atoms with Crippen LogP contribution in [0.3, 0.4) is 0 Å². The quantitative estimate of drug-likeness (QED) is 0.271. The van der Waals surface area contributed by atoms with Crippen LogP contribution in [0, 0.1) is 6.92 Å². The summed E-state index contributed by atoms with van der Waals surface area (Å²) < 4.78 is 16.3. The van der Waals surface area contributed by atoms with Crippen molar-refractivity contribution in [2.45, 2.75) is 13.1 Å². The Kier molecular flexibility index (Phi) is 7.71. The predicted molar refractivity (Wildman–Crippen MR) is 124 cm³/mol. The first kappa shape index (κ1) is 24.6. The molecule has 3 rings (SSSR count).